The van der Waals surface area contributed by atoms with Crippen LogP contribution in [0.2, 0.25) is 0 Å². The van der Waals surface area contributed by atoms with Gasteiger partial charge in [-0.1, -0.05) is 219 Å². The third-order valence-corrected chi connectivity index (χ3v) is 23.6. The molecule has 0 saturated heterocycles. The fraction of sp³-hybridized carbons (Fsp3) is 0.0291. The van der Waals surface area contributed by atoms with Crippen molar-refractivity contribution < 1.29 is 53.4 Å². The van der Waals surface area contributed by atoms with Gasteiger partial charge in [-0.2, -0.15) is 0 Å². The molecule has 1 spiro atoms. The minimum absolute atomic E-state index is 0.0155. The predicted molar refractivity (Wildman–Crippen MR) is 440 cm³/mol. The van der Waals surface area contributed by atoms with Gasteiger partial charge in [0, 0.05) is 34.9 Å². The molecule has 0 aromatic heterocycles. The van der Waals surface area contributed by atoms with E-state index in [1.54, 1.807) is 109 Å². The Labute approximate surface area is 666 Å². The highest BCUT2D eigenvalue weighted by atomic mass is 19.2. The normalized spacial score (nSPS) is 15.9. The highest BCUT2D eigenvalue weighted by Crippen LogP contribution is 2.66. The van der Waals surface area contributed by atoms with E-state index in [1.807, 2.05) is 194 Å². The van der Waals surface area contributed by atoms with Crippen LogP contribution in [0.15, 0.2) is 341 Å². The Bertz CT molecular complexity index is 6350. The van der Waals surface area contributed by atoms with Crippen LogP contribution in [0.25, 0.3) is 56.7 Å². The molecule has 0 N–H and O–H groups in total. The van der Waals surface area contributed by atoms with Crippen molar-refractivity contribution in [3.05, 3.63) is 477 Å². The Hall–Kier alpha value is -14.5. The average Bonchev–Trinajstić information content (AvgIpc) is 1.52. The van der Waals surface area contributed by atoms with Crippen molar-refractivity contribution in [1.82, 2.24) is 0 Å². The first kappa shape index (κ1) is 71.5. The van der Waals surface area contributed by atoms with Crippen LogP contribution >= 0.6 is 0 Å². The van der Waals surface area contributed by atoms with Crippen molar-refractivity contribution in [2.45, 2.75) is 16.2 Å². The summed E-state index contributed by atoms with van der Waals surface area (Å²) in [5.74, 6) is -12.5. The zero-order valence-electron chi connectivity index (χ0n) is 61.7. The summed E-state index contributed by atoms with van der Waals surface area (Å²) in [7, 11) is 0. The summed E-state index contributed by atoms with van der Waals surface area (Å²) in [6, 6.07) is 93.0. The molecule has 16 aromatic rings. The van der Waals surface area contributed by atoms with Crippen LogP contribution in [0.3, 0.4) is 0 Å². The highest BCUT2D eigenvalue weighted by Gasteiger charge is 2.54. The van der Waals surface area contributed by atoms with Crippen LogP contribution in [0, 0.1) is 58.2 Å². The second-order valence-corrected chi connectivity index (χ2v) is 29.5. The molecule has 0 fully saturated rings. The SMILES string of the molecule is C=Cc1ccc(Oc2ccc(C3(c4ccc(F)cc4)c4ccccc4-c4ccc(N(c5ccc6c(c5)C5(c7ccccc7-6)c6ccccc6-c6ccc(N(c7ccc8c(c7)C(c7ccc(F)cc7)(c7ccc(Oc9ccc(C=C)cc9)cc7)c7ccccc7-8)c7c(F)c(F)cc(F)c7F)cc65)c5c(F)c(F)cc(F)c5F)cc43)cc2)cc1. The molecule has 0 heterocycles. The van der Waals surface area contributed by atoms with Crippen molar-refractivity contribution in [1.29, 1.82) is 0 Å². The molecule has 14 heteroatoms. The monoisotopic (exact) mass is 1550 g/mol. The molecule has 20 rings (SSSR count). The lowest BCUT2D eigenvalue weighted by Gasteiger charge is -2.36. The summed E-state index contributed by atoms with van der Waals surface area (Å²) in [6.45, 7) is 7.72. The lowest BCUT2D eigenvalue weighted by molar-refractivity contribution is 0.457. The average molecular weight is 1550 g/mol. The third-order valence-electron chi connectivity index (χ3n) is 23.6. The van der Waals surface area contributed by atoms with Gasteiger partial charge >= 0.3 is 0 Å². The molecule has 0 saturated carbocycles. The second-order valence-electron chi connectivity index (χ2n) is 29.5. The van der Waals surface area contributed by atoms with Gasteiger partial charge in [-0.15, -0.1) is 0 Å². The van der Waals surface area contributed by atoms with Gasteiger partial charge in [-0.05, 0) is 244 Å². The minimum Gasteiger partial charge on any atom is -0.457 e. The number of fused-ring (bicyclic) bond motifs is 16. The minimum atomic E-state index is -1.72. The van der Waals surface area contributed by atoms with E-state index in [2.05, 4.69) is 13.2 Å². The van der Waals surface area contributed by atoms with E-state index in [0.717, 1.165) is 43.2 Å². The van der Waals surface area contributed by atoms with E-state index in [0.29, 0.717) is 112 Å². The first-order chi connectivity index (χ1) is 57.0. The Morgan fingerprint density at radius 1 is 0.231 bits per heavy atom. The summed E-state index contributed by atoms with van der Waals surface area (Å²) >= 11 is 0. The summed E-state index contributed by atoms with van der Waals surface area (Å²) in [6.07, 6.45) is 3.45. The van der Waals surface area contributed by atoms with Gasteiger partial charge in [-0.25, -0.2) is 43.9 Å². The quantitative estimate of drug-likeness (QED) is 0.0711. The largest absolute Gasteiger partial charge is 0.457 e. The summed E-state index contributed by atoms with van der Waals surface area (Å²) in [4.78, 5) is 2.30. The molecule has 0 aliphatic heterocycles. The maximum absolute atomic E-state index is 17.7. The van der Waals surface area contributed by atoms with Crippen molar-refractivity contribution >= 4 is 46.3 Å². The smallest absolute Gasteiger partial charge is 0.186 e. The molecule has 117 heavy (non-hydrogen) atoms. The van der Waals surface area contributed by atoms with Gasteiger partial charge in [0.25, 0.3) is 0 Å². The molecule has 4 aliphatic carbocycles. The molecule has 0 amide bonds. The maximum Gasteiger partial charge on any atom is 0.186 e. The molecule has 2 atom stereocenters. The molecule has 0 bridgehead atoms. The van der Waals surface area contributed by atoms with Crippen LogP contribution in [0.1, 0.15) is 77.9 Å². The van der Waals surface area contributed by atoms with E-state index >= 15 is 43.9 Å². The molecule has 0 radical (unpaired) electrons. The number of benzene rings is 16. The molecule has 564 valence electrons. The van der Waals surface area contributed by atoms with Crippen molar-refractivity contribution in [3.8, 4) is 67.5 Å². The molecule has 4 nitrogen and oxygen atoms in total. The van der Waals surface area contributed by atoms with Crippen LogP contribution in [0.5, 0.6) is 23.0 Å². The van der Waals surface area contributed by atoms with Crippen molar-refractivity contribution in [2.24, 2.45) is 0 Å². The van der Waals surface area contributed by atoms with Gasteiger partial charge in [0.15, 0.2) is 46.5 Å². The van der Waals surface area contributed by atoms with E-state index < -0.39 is 85.8 Å². The van der Waals surface area contributed by atoms with E-state index in [1.165, 1.54) is 24.3 Å². The Kier molecular flexibility index (Phi) is 16.7. The topological polar surface area (TPSA) is 24.9 Å². The summed E-state index contributed by atoms with van der Waals surface area (Å²) in [5.41, 5.74) is 8.62. The fourth-order valence-corrected chi connectivity index (χ4v) is 18.7. The van der Waals surface area contributed by atoms with Gasteiger partial charge in [-0.3, -0.25) is 0 Å². The van der Waals surface area contributed by atoms with Gasteiger partial charge < -0.3 is 19.3 Å². The molecular formula is C103H60F10N2O2. The lowest BCUT2D eigenvalue weighted by atomic mass is 9.67. The number of nitrogens with zero attached hydrogens (tertiary/aromatic N) is 2. The number of halogens is 10. The first-order valence-corrected chi connectivity index (χ1v) is 37.8. The number of hydrogen-bond acceptors (Lipinski definition) is 4. The number of rotatable bonds is 16. The molecular weight excluding hydrogens is 1490 g/mol. The van der Waals surface area contributed by atoms with Crippen molar-refractivity contribution in [2.75, 3.05) is 9.80 Å². The van der Waals surface area contributed by atoms with E-state index in [4.69, 9.17) is 9.47 Å². The fourth-order valence-electron chi connectivity index (χ4n) is 18.7. The number of ether oxygens (including phenoxy) is 2. The first-order valence-electron chi connectivity index (χ1n) is 37.8. The number of anilines is 6. The summed E-state index contributed by atoms with van der Waals surface area (Å²) < 4.78 is 180. The standard InChI is InChI=1S/C103H60F10N2O2/c1-3-59-21-41-71(42-22-59)116-73-45-29-63(30-46-73)101(61-25-33-65(104)34-26-61)83-17-9-5-13-75(83)79-49-37-67(53-87(79)101)114(99-95(110)91(106)57-92(107)96(99)111)69-39-51-81-77-15-7-11-19-85(77)103(89(81)55-69)86-20-12-8-16-78(86)82-52-40-70(56-90(82)103)115(100-97(112)93(108)58-94(109)98(100)113)68-38-50-80-76-14-6-10-18-84(76)102(88(80)54-68,62-27-35-66(105)36-28-62)64-31-47-74(48-32-64)117-72-43-23-60(4-2)24-44-72/h3-58H,1-2H2. The predicted octanol–water partition coefficient (Wildman–Crippen LogP) is 28.0. The van der Waals surface area contributed by atoms with E-state index in [9.17, 15) is 0 Å². The molecule has 4 aliphatic rings. The van der Waals surface area contributed by atoms with Crippen LogP contribution < -0.4 is 19.3 Å². The summed E-state index contributed by atoms with van der Waals surface area (Å²) in [5, 5.41) is 0. The Morgan fingerprint density at radius 3 is 0.735 bits per heavy atom. The maximum atomic E-state index is 17.7. The second kappa shape index (κ2) is 27.4. The van der Waals surface area contributed by atoms with Gasteiger partial charge in [0.1, 0.15) is 46.0 Å². The lowest BCUT2D eigenvalue weighted by Crippen LogP contribution is -2.29. The Morgan fingerprint density at radius 2 is 0.462 bits per heavy atom. The Balaban J connectivity index is 0.795. The van der Waals surface area contributed by atoms with Crippen molar-refractivity contribution in [3.63, 3.8) is 0 Å². The van der Waals surface area contributed by atoms with Crippen LogP contribution in [-0.4, -0.2) is 0 Å². The van der Waals surface area contributed by atoms with Gasteiger partial charge in [0.2, 0.25) is 0 Å². The van der Waals surface area contributed by atoms with E-state index in [-0.39, 0.29) is 34.9 Å². The zero-order valence-corrected chi connectivity index (χ0v) is 61.7. The zero-order chi connectivity index (χ0) is 79.9. The molecule has 16 aromatic carbocycles. The third kappa shape index (κ3) is 10.8. The highest BCUT2D eigenvalue weighted by molar-refractivity contribution is 5.99. The van der Waals surface area contributed by atoms with Gasteiger partial charge in [0.05, 0.1) is 16.2 Å². The van der Waals surface area contributed by atoms with Crippen LogP contribution in [-0.2, 0) is 16.2 Å². The van der Waals surface area contributed by atoms with Crippen LogP contribution in [0.4, 0.5) is 78.0 Å². The number of hydrogen-bond donors (Lipinski definition) is 0. The molecule has 2 unspecified atom stereocenters.